The van der Waals surface area contributed by atoms with Gasteiger partial charge in [-0.15, -0.1) is 0 Å². The van der Waals surface area contributed by atoms with E-state index in [2.05, 4.69) is 11.6 Å². The summed E-state index contributed by atoms with van der Waals surface area (Å²) >= 11 is 0. The zero-order valence-corrected chi connectivity index (χ0v) is 9.13. The first-order chi connectivity index (χ1) is 6.53. The van der Waals surface area contributed by atoms with E-state index in [0.29, 0.717) is 5.57 Å². The van der Waals surface area contributed by atoms with Gasteiger partial charge in [0.1, 0.15) is 0 Å². The molecular weight excluding hydrogens is 174 g/mol. The number of hydrogen-bond acceptors (Lipinski definition) is 2. The van der Waals surface area contributed by atoms with Gasteiger partial charge in [0, 0.05) is 17.2 Å². The van der Waals surface area contributed by atoms with Crippen molar-refractivity contribution >= 4 is 12.0 Å². The van der Waals surface area contributed by atoms with Crippen molar-refractivity contribution in [1.29, 1.82) is 0 Å². The first kappa shape index (κ1) is 10.9. The number of carbonyl (C=O) groups excluding carboxylic acids is 1. The molecule has 0 aromatic heterocycles. The third-order valence-electron chi connectivity index (χ3n) is 2.65. The van der Waals surface area contributed by atoms with Crippen LogP contribution in [-0.4, -0.2) is 12.0 Å². The van der Waals surface area contributed by atoms with Gasteiger partial charge in [0.05, 0.1) is 5.70 Å². The highest BCUT2D eigenvalue weighted by molar-refractivity contribution is 6.03. The van der Waals surface area contributed by atoms with E-state index < -0.39 is 0 Å². The highest BCUT2D eigenvalue weighted by atomic mass is 16.1. The Bertz CT molecular complexity index is 321. The predicted octanol–water partition coefficient (Wildman–Crippen LogP) is 2.91. The number of hydrogen-bond donors (Lipinski definition) is 0. The largest absolute Gasteiger partial charge is 0.294 e. The molecule has 0 aliphatic heterocycles. The summed E-state index contributed by atoms with van der Waals surface area (Å²) < 4.78 is 0. The number of Topliss-reactive ketones (excluding diaryl/α,β-unsaturated/α-hetero) is 1. The van der Waals surface area contributed by atoms with Crippen LogP contribution in [-0.2, 0) is 4.79 Å². The standard InChI is InChI=1S/C12H17NO/c1-5-9-10(13-6-2)7-8-12(3,4)11(9)14/h5-6H,1,7-8H2,2-4H3. The Kier molecular flexibility index (Phi) is 3.04. The van der Waals surface area contributed by atoms with E-state index in [-0.39, 0.29) is 11.2 Å². The monoisotopic (exact) mass is 191 g/mol. The summed E-state index contributed by atoms with van der Waals surface area (Å²) in [6, 6.07) is 0. The van der Waals surface area contributed by atoms with E-state index in [0.717, 1.165) is 18.5 Å². The lowest BCUT2D eigenvalue weighted by atomic mass is 9.75. The molecule has 0 heterocycles. The quantitative estimate of drug-likeness (QED) is 0.617. The predicted molar refractivity (Wildman–Crippen MR) is 59.4 cm³/mol. The first-order valence-corrected chi connectivity index (χ1v) is 4.92. The molecule has 0 spiro atoms. The first-order valence-electron chi connectivity index (χ1n) is 4.92. The molecule has 0 aromatic rings. The van der Waals surface area contributed by atoms with E-state index in [1.165, 1.54) is 0 Å². The molecule has 0 aromatic carbocycles. The zero-order valence-electron chi connectivity index (χ0n) is 9.13. The maximum atomic E-state index is 12.0. The number of carbonyl (C=O) groups is 1. The van der Waals surface area contributed by atoms with Gasteiger partial charge < -0.3 is 0 Å². The number of aliphatic imine (C=N–C) groups is 1. The Morgan fingerprint density at radius 1 is 1.50 bits per heavy atom. The number of rotatable bonds is 2. The average molecular weight is 191 g/mol. The third kappa shape index (κ3) is 1.84. The summed E-state index contributed by atoms with van der Waals surface area (Å²) in [5, 5.41) is 0. The van der Waals surface area contributed by atoms with Crippen LogP contribution < -0.4 is 0 Å². The molecule has 0 N–H and O–H groups in total. The van der Waals surface area contributed by atoms with Gasteiger partial charge in [-0.25, -0.2) is 0 Å². The molecule has 0 bridgehead atoms. The van der Waals surface area contributed by atoms with Gasteiger partial charge in [-0.05, 0) is 19.8 Å². The molecular formula is C12H17NO. The molecule has 14 heavy (non-hydrogen) atoms. The lowest BCUT2D eigenvalue weighted by molar-refractivity contribution is -0.123. The molecule has 0 unspecified atom stereocenters. The minimum atomic E-state index is -0.254. The van der Waals surface area contributed by atoms with Crippen molar-refractivity contribution < 1.29 is 4.79 Å². The Balaban J connectivity index is 3.16. The van der Waals surface area contributed by atoms with Crippen LogP contribution in [0.1, 0.15) is 33.6 Å². The molecule has 1 rings (SSSR count). The van der Waals surface area contributed by atoms with Crippen molar-refractivity contribution in [2.45, 2.75) is 33.6 Å². The molecule has 1 aliphatic rings. The second-order valence-corrected chi connectivity index (χ2v) is 4.16. The average Bonchev–Trinajstić information content (AvgIpc) is 2.13. The smallest absolute Gasteiger partial charge is 0.170 e. The van der Waals surface area contributed by atoms with E-state index >= 15 is 0 Å². The van der Waals surface area contributed by atoms with Crippen LogP contribution in [0, 0.1) is 5.41 Å². The minimum Gasteiger partial charge on any atom is -0.294 e. The topological polar surface area (TPSA) is 29.4 Å². The van der Waals surface area contributed by atoms with Gasteiger partial charge >= 0.3 is 0 Å². The summed E-state index contributed by atoms with van der Waals surface area (Å²) in [4.78, 5) is 16.2. The molecule has 2 heteroatoms. The third-order valence-corrected chi connectivity index (χ3v) is 2.65. The summed E-state index contributed by atoms with van der Waals surface area (Å²) in [5.74, 6) is 0.166. The van der Waals surface area contributed by atoms with Crippen LogP contribution in [0.5, 0.6) is 0 Å². The fourth-order valence-electron chi connectivity index (χ4n) is 1.68. The number of allylic oxidation sites excluding steroid dienone is 3. The van der Waals surface area contributed by atoms with Crippen molar-refractivity contribution in [2.24, 2.45) is 10.4 Å². The molecule has 0 saturated carbocycles. The molecule has 0 amide bonds. The van der Waals surface area contributed by atoms with Gasteiger partial charge in [0.2, 0.25) is 0 Å². The highest BCUT2D eigenvalue weighted by Gasteiger charge is 2.34. The lowest BCUT2D eigenvalue weighted by Crippen LogP contribution is -2.29. The van der Waals surface area contributed by atoms with Crippen LogP contribution in [0.25, 0.3) is 0 Å². The second kappa shape index (κ2) is 3.91. The zero-order chi connectivity index (χ0) is 10.8. The molecule has 76 valence electrons. The molecule has 2 nitrogen and oxygen atoms in total. The summed E-state index contributed by atoms with van der Waals surface area (Å²) in [7, 11) is 0. The fraction of sp³-hybridized carbons (Fsp3) is 0.500. The lowest BCUT2D eigenvalue weighted by Gasteiger charge is -2.29. The molecule has 0 saturated heterocycles. The summed E-state index contributed by atoms with van der Waals surface area (Å²) in [5.41, 5.74) is 1.32. The van der Waals surface area contributed by atoms with Gasteiger partial charge in [-0.3, -0.25) is 9.79 Å². The number of nitrogens with zero attached hydrogens (tertiary/aromatic N) is 1. The Hall–Kier alpha value is -1.18. The van der Waals surface area contributed by atoms with Gasteiger partial charge in [0.25, 0.3) is 0 Å². The van der Waals surface area contributed by atoms with Crippen molar-refractivity contribution in [3.63, 3.8) is 0 Å². The van der Waals surface area contributed by atoms with Crippen LogP contribution in [0.2, 0.25) is 0 Å². The van der Waals surface area contributed by atoms with E-state index in [1.54, 1.807) is 12.3 Å². The summed E-state index contributed by atoms with van der Waals surface area (Å²) in [6.45, 7) is 9.49. The van der Waals surface area contributed by atoms with Crippen molar-refractivity contribution in [2.75, 3.05) is 0 Å². The van der Waals surface area contributed by atoms with Crippen molar-refractivity contribution in [3.05, 3.63) is 23.9 Å². The van der Waals surface area contributed by atoms with Gasteiger partial charge in [-0.2, -0.15) is 0 Å². The van der Waals surface area contributed by atoms with Crippen LogP contribution in [0.15, 0.2) is 28.9 Å². The van der Waals surface area contributed by atoms with Gasteiger partial charge in [-0.1, -0.05) is 26.5 Å². The normalized spacial score (nSPS) is 21.8. The maximum Gasteiger partial charge on any atom is 0.170 e. The molecule has 0 fully saturated rings. The van der Waals surface area contributed by atoms with Crippen LogP contribution in [0.4, 0.5) is 0 Å². The number of ketones is 1. The van der Waals surface area contributed by atoms with Gasteiger partial charge in [0.15, 0.2) is 5.78 Å². The van der Waals surface area contributed by atoms with E-state index in [1.807, 2.05) is 20.8 Å². The van der Waals surface area contributed by atoms with Crippen molar-refractivity contribution in [1.82, 2.24) is 0 Å². The molecule has 0 atom stereocenters. The minimum absolute atomic E-state index is 0.166. The Morgan fingerprint density at radius 3 is 2.64 bits per heavy atom. The SMILES string of the molecule is C=CC1=C(N=CC)CCC(C)(C)C1=O. The highest BCUT2D eigenvalue weighted by Crippen LogP contribution is 2.36. The van der Waals surface area contributed by atoms with Crippen LogP contribution in [0.3, 0.4) is 0 Å². The maximum absolute atomic E-state index is 12.0. The van der Waals surface area contributed by atoms with E-state index in [4.69, 9.17) is 0 Å². The molecule has 0 radical (unpaired) electrons. The molecule has 1 aliphatic carbocycles. The fourth-order valence-corrected chi connectivity index (χ4v) is 1.68. The Labute approximate surface area is 85.4 Å². The van der Waals surface area contributed by atoms with E-state index in [9.17, 15) is 4.79 Å². The summed E-state index contributed by atoms with van der Waals surface area (Å²) in [6.07, 6.45) is 5.09. The Morgan fingerprint density at radius 2 is 2.14 bits per heavy atom. The van der Waals surface area contributed by atoms with Crippen molar-refractivity contribution in [3.8, 4) is 0 Å². The second-order valence-electron chi connectivity index (χ2n) is 4.16. The van der Waals surface area contributed by atoms with Crippen LogP contribution >= 0.6 is 0 Å².